The fourth-order valence-electron chi connectivity index (χ4n) is 2.45. The summed E-state index contributed by atoms with van der Waals surface area (Å²) in [7, 11) is 0. The third-order valence-corrected chi connectivity index (χ3v) is 4.56. The maximum absolute atomic E-state index is 5.73. The van der Waals surface area contributed by atoms with Gasteiger partial charge >= 0.3 is 0 Å². The molecule has 3 atom stereocenters. The van der Waals surface area contributed by atoms with E-state index in [0.29, 0.717) is 0 Å². The van der Waals surface area contributed by atoms with E-state index in [0.717, 1.165) is 23.8 Å². The molecule has 0 amide bonds. The van der Waals surface area contributed by atoms with Gasteiger partial charge in [0.25, 0.3) is 0 Å². The van der Waals surface area contributed by atoms with Crippen LogP contribution in [0.5, 0.6) is 0 Å². The predicted molar refractivity (Wildman–Crippen MR) is 59.1 cm³/mol. The van der Waals surface area contributed by atoms with Gasteiger partial charge in [-0.15, -0.1) is 0 Å². The lowest BCUT2D eigenvalue weighted by atomic mass is 9.78. The molecule has 2 fully saturated rings. The standard InChI is InChI=1S/C10H20N2S/c1-8-7-12(4-5-13-8)10-3-2-9(10)6-11/h8-10H,2-7,11H2,1H3. The first-order valence-corrected chi connectivity index (χ1v) is 6.42. The summed E-state index contributed by atoms with van der Waals surface area (Å²) in [5.41, 5.74) is 5.73. The lowest BCUT2D eigenvalue weighted by Crippen LogP contribution is -2.53. The largest absolute Gasteiger partial charge is 0.330 e. The average Bonchev–Trinajstić information content (AvgIpc) is 2.03. The highest BCUT2D eigenvalue weighted by Crippen LogP contribution is 2.33. The van der Waals surface area contributed by atoms with Crippen LogP contribution in [0.25, 0.3) is 0 Å². The zero-order chi connectivity index (χ0) is 9.26. The highest BCUT2D eigenvalue weighted by atomic mass is 32.2. The van der Waals surface area contributed by atoms with E-state index in [1.807, 2.05) is 0 Å². The number of rotatable bonds is 2. The Bertz CT molecular complexity index is 172. The molecule has 76 valence electrons. The minimum atomic E-state index is 0.801. The average molecular weight is 200 g/mol. The van der Waals surface area contributed by atoms with Crippen molar-refractivity contribution in [2.24, 2.45) is 11.7 Å². The van der Waals surface area contributed by atoms with Crippen LogP contribution in [-0.2, 0) is 0 Å². The van der Waals surface area contributed by atoms with Crippen molar-refractivity contribution in [1.82, 2.24) is 4.90 Å². The van der Waals surface area contributed by atoms with E-state index < -0.39 is 0 Å². The van der Waals surface area contributed by atoms with E-state index >= 15 is 0 Å². The van der Waals surface area contributed by atoms with Crippen LogP contribution in [-0.4, -0.2) is 41.6 Å². The molecule has 0 radical (unpaired) electrons. The van der Waals surface area contributed by atoms with Gasteiger partial charge in [0, 0.05) is 30.1 Å². The van der Waals surface area contributed by atoms with Crippen molar-refractivity contribution in [3.63, 3.8) is 0 Å². The lowest BCUT2D eigenvalue weighted by Gasteiger charge is -2.46. The Kier molecular flexibility index (Phi) is 3.17. The Labute approximate surface area is 85.2 Å². The third-order valence-electron chi connectivity index (χ3n) is 3.42. The van der Waals surface area contributed by atoms with Crippen molar-refractivity contribution in [3.05, 3.63) is 0 Å². The maximum Gasteiger partial charge on any atom is 0.0147 e. The number of thioether (sulfide) groups is 1. The van der Waals surface area contributed by atoms with Crippen molar-refractivity contribution in [2.75, 3.05) is 25.4 Å². The van der Waals surface area contributed by atoms with Crippen LogP contribution in [0.15, 0.2) is 0 Å². The van der Waals surface area contributed by atoms with Gasteiger partial charge in [0.1, 0.15) is 0 Å². The summed E-state index contributed by atoms with van der Waals surface area (Å²) in [6.07, 6.45) is 2.75. The van der Waals surface area contributed by atoms with Gasteiger partial charge in [-0.3, -0.25) is 4.90 Å². The van der Waals surface area contributed by atoms with Crippen LogP contribution in [0.4, 0.5) is 0 Å². The smallest absolute Gasteiger partial charge is 0.0147 e. The molecular formula is C10H20N2S. The highest BCUT2D eigenvalue weighted by molar-refractivity contribution is 7.99. The summed E-state index contributed by atoms with van der Waals surface area (Å²) in [5, 5.41) is 0.827. The van der Waals surface area contributed by atoms with Gasteiger partial charge in [-0.05, 0) is 25.3 Å². The van der Waals surface area contributed by atoms with Crippen molar-refractivity contribution < 1.29 is 0 Å². The van der Waals surface area contributed by atoms with E-state index in [1.54, 1.807) is 0 Å². The van der Waals surface area contributed by atoms with Gasteiger partial charge in [-0.2, -0.15) is 11.8 Å². The van der Waals surface area contributed by atoms with Gasteiger partial charge in [0.15, 0.2) is 0 Å². The van der Waals surface area contributed by atoms with Crippen LogP contribution in [0.2, 0.25) is 0 Å². The van der Waals surface area contributed by atoms with Gasteiger partial charge < -0.3 is 5.73 Å². The molecule has 13 heavy (non-hydrogen) atoms. The molecule has 3 heteroatoms. The Morgan fingerprint density at radius 2 is 2.31 bits per heavy atom. The van der Waals surface area contributed by atoms with Crippen LogP contribution in [0.1, 0.15) is 19.8 Å². The van der Waals surface area contributed by atoms with E-state index in [2.05, 4.69) is 23.6 Å². The molecule has 1 saturated heterocycles. The van der Waals surface area contributed by atoms with Crippen LogP contribution in [0.3, 0.4) is 0 Å². The topological polar surface area (TPSA) is 29.3 Å². The zero-order valence-corrected chi connectivity index (χ0v) is 9.22. The predicted octanol–water partition coefficient (Wildman–Crippen LogP) is 1.16. The van der Waals surface area contributed by atoms with Crippen molar-refractivity contribution in [3.8, 4) is 0 Å². The summed E-state index contributed by atoms with van der Waals surface area (Å²) < 4.78 is 0. The normalized spacial score (nSPS) is 41.5. The molecule has 2 N–H and O–H groups in total. The molecule has 0 aromatic carbocycles. The van der Waals surface area contributed by atoms with Crippen LogP contribution in [0, 0.1) is 5.92 Å². The summed E-state index contributed by atoms with van der Waals surface area (Å²) in [4.78, 5) is 2.67. The second-order valence-electron chi connectivity index (χ2n) is 4.32. The maximum atomic E-state index is 5.73. The molecule has 2 aliphatic rings. The minimum Gasteiger partial charge on any atom is -0.330 e. The van der Waals surface area contributed by atoms with Crippen molar-refractivity contribution >= 4 is 11.8 Å². The van der Waals surface area contributed by atoms with Crippen molar-refractivity contribution in [2.45, 2.75) is 31.1 Å². The molecule has 1 aliphatic carbocycles. The Balaban J connectivity index is 1.85. The number of nitrogens with zero attached hydrogens (tertiary/aromatic N) is 1. The fraction of sp³-hybridized carbons (Fsp3) is 1.00. The quantitative estimate of drug-likeness (QED) is 0.725. The summed E-state index contributed by atoms with van der Waals surface area (Å²) in [5.74, 6) is 2.12. The van der Waals surface area contributed by atoms with Crippen LogP contribution >= 0.6 is 11.8 Å². The fourth-order valence-corrected chi connectivity index (χ4v) is 3.49. The molecule has 0 aromatic rings. The zero-order valence-electron chi connectivity index (χ0n) is 8.41. The third kappa shape index (κ3) is 2.03. The number of hydrogen-bond acceptors (Lipinski definition) is 3. The van der Waals surface area contributed by atoms with E-state index in [-0.39, 0.29) is 0 Å². The SMILES string of the molecule is CC1CN(C2CCC2CN)CCS1. The highest BCUT2D eigenvalue weighted by Gasteiger charge is 2.35. The molecule has 2 nitrogen and oxygen atoms in total. The van der Waals surface area contributed by atoms with E-state index in [4.69, 9.17) is 5.73 Å². The summed E-state index contributed by atoms with van der Waals surface area (Å²) >= 11 is 2.11. The van der Waals surface area contributed by atoms with Gasteiger partial charge in [-0.25, -0.2) is 0 Å². The molecule has 0 aromatic heterocycles. The first-order chi connectivity index (χ1) is 6.31. The number of nitrogens with two attached hydrogens (primary N) is 1. The summed E-state index contributed by atoms with van der Waals surface area (Å²) in [6, 6.07) is 0.827. The van der Waals surface area contributed by atoms with Gasteiger partial charge in [0.2, 0.25) is 0 Å². The van der Waals surface area contributed by atoms with Gasteiger partial charge in [0.05, 0.1) is 0 Å². The Hall–Kier alpha value is 0.270. The molecule has 0 spiro atoms. The molecule has 1 aliphatic heterocycles. The molecule has 3 unspecified atom stereocenters. The van der Waals surface area contributed by atoms with Crippen molar-refractivity contribution in [1.29, 1.82) is 0 Å². The molecular weight excluding hydrogens is 180 g/mol. The molecule has 1 saturated carbocycles. The van der Waals surface area contributed by atoms with Gasteiger partial charge in [-0.1, -0.05) is 6.92 Å². The second-order valence-corrected chi connectivity index (χ2v) is 5.86. The Morgan fingerprint density at radius 3 is 2.85 bits per heavy atom. The molecule has 2 rings (SSSR count). The lowest BCUT2D eigenvalue weighted by molar-refractivity contribution is 0.0706. The first kappa shape index (κ1) is 9.81. The number of hydrogen-bond donors (Lipinski definition) is 1. The monoisotopic (exact) mass is 200 g/mol. The minimum absolute atomic E-state index is 0.801. The van der Waals surface area contributed by atoms with E-state index in [9.17, 15) is 0 Å². The Morgan fingerprint density at radius 1 is 1.46 bits per heavy atom. The molecule has 1 heterocycles. The van der Waals surface area contributed by atoms with E-state index in [1.165, 1.54) is 31.7 Å². The molecule has 0 bridgehead atoms. The second kappa shape index (κ2) is 4.20. The van der Waals surface area contributed by atoms with Crippen LogP contribution < -0.4 is 5.73 Å². The summed E-state index contributed by atoms with van der Waals surface area (Å²) in [6.45, 7) is 5.80. The first-order valence-electron chi connectivity index (χ1n) is 5.37.